The molecule has 0 aliphatic carbocycles. The van der Waals surface area contributed by atoms with Crippen LogP contribution >= 0.6 is 23.5 Å². The SMILES string of the molecule is COc1ccc(C(N)C2CSCCS2)c(C)c1. The van der Waals surface area contributed by atoms with Crippen molar-refractivity contribution >= 4 is 23.5 Å². The van der Waals surface area contributed by atoms with Gasteiger partial charge in [0.2, 0.25) is 0 Å². The van der Waals surface area contributed by atoms with E-state index in [4.69, 9.17) is 10.5 Å². The average Bonchev–Trinajstić information content (AvgIpc) is 2.39. The molecule has 0 aromatic heterocycles. The van der Waals surface area contributed by atoms with Crippen LogP contribution in [0.3, 0.4) is 0 Å². The maximum absolute atomic E-state index is 6.39. The van der Waals surface area contributed by atoms with Crippen LogP contribution in [-0.4, -0.2) is 29.6 Å². The summed E-state index contributed by atoms with van der Waals surface area (Å²) in [4.78, 5) is 0. The molecule has 0 amide bonds. The zero-order valence-electron chi connectivity index (χ0n) is 10.3. The number of hydrogen-bond donors (Lipinski definition) is 1. The summed E-state index contributed by atoms with van der Waals surface area (Å²) in [6.07, 6.45) is 0. The first-order chi connectivity index (χ1) is 8.22. The van der Waals surface area contributed by atoms with Crippen LogP contribution in [0.25, 0.3) is 0 Å². The fourth-order valence-electron chi connectivity index (χ4n) is 2.06. The Labute approximate surface area is 112 Å². The number of methoxy groups -OCH3 is 1. The van der Waals surface area contributed by atoms with E-state index in [1.807, 2.05) is 29.6 Å². The molecular formula is C13H19NOS2. The number of hydrogen-bond acceptors (Lipinski definition) is 4. The molecule has 0 spiro atoms. The van der Waals surface area contributed by atoms with Crippen molar-refractivity contribution in [3.63, 3.8) is 0 Å². The van der Waals surface area contributed by atoms with Crippen molar-refractivity contribution in [1.29, 1.82) is 0 Å². The Kier molecular flexibility index (Phi) is 4.65. The first-order valence-corrected chi connectivity index (χ1v) is 8.02. The molecule has 4 heteroatoms. The van der Waals surface area contributed by atoms with E-state index in [1.54, 1.807) is 7.11 Å². The molecule has 2 rings (SSSR count). The number of thioether (sulfide) groups is 2. The highest BCUT2D eigenvalue weighted by atomic mass is 32.2. The maximum atomic E-state index is 6.39. The number of rotatable bonds is 3. The van der Waals surface area contributed by atoms with Crippen LogP contribution in [-0.2, 0) is 0 Å². The van der Waals surface area contributed by atoms with Gasteiger partial charge in [-0.2, -0.15) is 23.5 Å². The van der Waals surface area contributed by atoms with Gasteiger partial charge in [-0.15, -0.1) is 0 Å². The van der Waals surface area contributed by atoms with Crippen LogP contribution in [0, 0.1) is 6.92 Å². The van der Waals surface area contributed by atoms with Gasteiger partial charge in [-0.1, -0.05) is 6.07 Å². The second-order valence-corrected chi connectivity index (χ2v) is 6.73. The highest BCUT2D eigenvalue weighted by molar-refractivity contribution is 8.06. The van der Waals surface area contributed by atoms with E-state index in [0.717, 1.165) is 11.5 Å². The van der Waals surface area contributed by atoms with Crippen LogP contribution in [0.1, 0.15) is 17.2 Å². The Hall–Kier alpha value is -0.320. The summed E-state index contributed by atoms with van der Waals surface area (Å²) in [6, 6.07) is 6.32. The largest absolute Gasteiger partial charge is 0.497 e. The van der Waals surface area contributed by atoms with Crippen molar-refractivity contribution in [1.82, 2.24) is 0 Å². The molecule has 1 heterocycles. The molecule has 1 aromatic rings. The number of benzene rings is 1. The summed E-state index contributed by atoms with van der Waals surface area (Å²) < 4.78 is 5.23. The second kappa shape index (κ2) is 6.03. The van der Waals surface area contributed by atoms with Gasteiger partial charge in [-0.25, -0.2) is 0 Å². The third-order valence-corrected chi connectivity index (χ3v) is 5.96. The smallest absolute Gasteiger partial charge is 0.119 e. The Balaban J connectivity index is 2.15. The molecule has 0 bridgehead atoms. The van der Waals surface area contributed by atoms with Gasteiger partial charge in [-0.05, 0) is 30.2 Å². The Morgan fingerprint density at radius 2 is 2.24 bits per heavy atom. The van der Waals surface area contributed by atoms with Crippen molar-refractivity contribution in [3.05, 3.63) is 29.3 Å². The van der Waals surface area contributed by atoms with Gasteiger partial charge in [0.1, 0.15) is 5.75 Å². The average molecular weight is 269 g/mol. The van der Waals surface area contributed by atoms with Gasteiger partial charge in [0.15, 0.2) is 0 Å². The number of nitrogens with two attached hydrogens (primary N) is 1. The van der Waals surface area contributed by atoms with E-state index >= 15 is 0 Å². The van der Waals surface area contributed by atoms with Crippen LogP contribution in [0.15, 0.2) is 18.2 Å². The van der Waals surface area contributed by atoms with Crippen molar-refractivity contribution in [3.8, 4) is 5.75 Å². The van der Waals surface area contributed by atoms with Crippen LogP contribution < -0.4 is 10.5 Å². The second-order valence-electron chi connectivity index (χ2n) is 4.23. The van der Waals surface area contributed by atoms with Gasteiger partial charge >= 0.3 is 0 Å². The zero-order valence-corrected chi connectivity index (χ0v) is 11.9. The fraction of sp³-hybridized carbons (Fsp3) is 0.538. The van der Waals surface area contributed by atoms with E-state index in [0.29, 0.717) is 5.25 Å². The first-order valence-electron chi connectivity index (χ1n) is 5.82. The lowest BCUT2D eigenvalue weighted by molar-refractivity contribution is 0.414. The molecule has 1 aliphatic rings. The van der Waals surface area contributed by atoms with Crippen molar-refractivity contribution in [2.75, 3.05) is 24.4 Å². The molecule has 94 valence electrons. The lowest BCUT2D eigenvalue weighted by Crippen LogP contribution is -2.29. The topological polar surface area (TPSA) is 35.2 Å². The molecule has 1 aromatic carbocycles. The van der Waals surface area contributed by atoms with Crippen molar-refractivity contribution in [2.24, 2.45) is 5.73 Å². The molecule has 0 saturated carbocycles. The minimum Gasteiger partial charge on any atom is -0.497 e. The summed E-state index contributed by atoms with van der Waals surface area (Å²) in [5.41, 5.74) is 8.87. The molecule has 17 heavy (non-hydrogen) atoms. The van der Waals surface area contributed by atoms with E-state index in [9.17, 15) is 0 Å². The normalized spacial score (nSPS) is 22.2. The van der Waals surface area contributed by atoms with Crippen molar-refractivity contribution < 1.29 is 4.74 Å². The van der Waals surface area contributed by atoms with E-state index in [2.05, 4.69) is 19.1 Å². The predicted molar refractivity (Wildman–Crippen MR) is 78.2 cm³/mol. The molecule has 0 radical (unpaired) electrons. The molecule has 1 fully saturated rings. The quantitative estimate of drug-likeness (QED) is 0.915. The summed E-state index contributed by atoms with van der Waals surface area (Å²) >= 11 is 4.02. The molecule has 1 saturated heterocycles. The summed E-state index contributed by atoms with van der Waals surface area (Å²) in [5, 5.41) is 0.542. The van der Waals surface area contributed by atoms with Gasteiger partial charge in [-0.3, -0.25) is 0 Å². The molecular weight excluding hydrogens is 250 g/mol. The van der Waals surface area contributed by atoms with E-state index in [1.165, 1.54) is 22.6 Å². The third kappa shape index (κ3) is 3.12. The van der Waals surface area contributed by atoms with Crippen molar-refractivity contribution in [2.45, 2.75) is 18.2 Å². The fourth-order valence-corrected chi connectivity index (χ4v) is 4.86. The molecule has 2 atom stereocenters. The highest BCUT2D eigenvalue weighted by Crippen LogP contribution is 2.34. The monoisotopic (exact) mass is 269 g/mol. The molecule has 2 nitrogen and oxygen atoms in total. The van der Waals surface area contributed by atoms with Crippen LogP contribution in [0.4, 0.5) is 0 Å². The highest BCUT2D eigenvalue weighted by Gasteiger charge is 2.23. The maximum Gasteiger partial charge on any atom is 0.119 e. The minimum absolute atomic E-state index is 0.138. The summed E-state index contributed by atoms with van der Waals surface area (Å²) in [6.45, 7) is 2.11. The predicted octanol–water partition coefficient (Wildman–Crippen LogP) is 2.85. The van der Waals surface area contributed by atoms with Gasteiger partial charge in [0.05, 0.1) is 7.11 Å². The standard InChI is InChI=1S/C13H19NOS2/c1-9-7-10(15-2)3-4-11(9)13(14)12-8-16-5-6-17-12/h3-4,7,12-13H,5-6,8,14H2,1-2H3. The van der Waals surface area contributed by atoms with Crippen LogP contribution in [0.2, 0.25) is 0 Å². The molecule has 2 N–H and O–H groups in total. The molecule has 1 aliphatic heterocycles. The molecule has 2 unspecified atom stereocenters. The third-order valence-electron chi connectivity index (χ3n) is 3.08. The van der Waals surface area contributed by atoms with Gasteiger partial charge in [0, 0.05) is 28.6 Å². The van der Waals surface area contributed by atoms with Crippen LogP contribution in [0.5, 0.6) is 5.75 Å². The van der Waals surface area contributed by atoms with E-state index < -0.39 is 0 Å². The Morgan fingerprint density at radius 3 is 2.82 bits per heavy atom. The first kappa shape index (κ1) is 13.1. The van der Waals surface area contributed by atoms with E-state index in [-0.39, 0.29) is 6.04 Å². The summed E-state index contributed by atoms with van der Waals surface area (Å²) in [5.74, 6) is 4.55. The number of ether oxygens (including phenoxy) is 1. The lowest BCUT2D eigenvalue weighted by Gasteiger charge is -2.28. The van der Waals surface area contributed by atoms with Gasteiger partial charge < -0.3 is 10.5 Å². The number of aryl methyl sites for hydroxylation is 1. The zero-order chi connectivity index (χ0) is 12.3. The minimum atomic E-state index is 0.138. The lowest BCUT2D eigenvalue weighted by atomic mass is 9.99. The van der Waals surface area contributed by atoms with Gasteiger partial charge in [0.25, 0.3) is 0 Å². The summed E-state index contributed by atoms with van der Waals surface area (Å²) in [7, 11) is 1.70. The Morgan fingerprint density at radius 1 is 1.41 bits per heavy atom. The Bertz CT molecular complexity index is 378.